The van der Waals surface area contributed by atoms with E-state index in [1.165, 1.54) is 5.56 Å². The first kappa shape index (κ1) is 17.0. The lowest BCUT2D eigenvalue weighted by molar-refractivity contribution is -0.168. The fourth-order valence-electron chi connectivity index (χ4n) is 3.33. The molecule has 0 saturated carbocycles. The van der Waals surface area contributed by atoms with Gasteiger partial charge in [-0.25, -0.2) is 4.79 Å². The summed E-state index contributed by atoms with van der Waals surface area (Å²) in [7, 11) is 0. The lowest BCUT2D eigenvalue weighted by atomic mass is 9.90. The van der Waals surface area contributed by atoms with Crippen molar-refractivity contribution in [3.05, 3.63) is 47.2 Å². The van der Waals surface area contributed by atoms with Gasteiger partial charge in [0.1, 0.15) is 0 Å². The molecule has 1 fully saturated rings. The number of esters is 1. The average Bonchev–Trinajstić information content (AvgIpc) is 3.05. The monoisotopic (exact) mass is 331 g/mol. The lowest BCUT2D eigenvalue weighted by Crippen LogP contribution is -2.38. The second kappa shape index (κ2) is 7.36. The molecule has 1 atom stereocenters. The SMILES string of the molecule is CCOC(=O)C1=C(NC(C)c2ccccc2)CCC2(C1)OCCO2. The van der Waals surface area contributed by atoms with Crippen LogP contribution < -0.4 is 5.32 Å². The summed E-state index contributed by atoms with van der Waals surface area (Å²) in [5, 5.41) is 3.50. The Bertz CT molecular complexity index is 605. The summed E-state index contributed by atoms with van der Waals surface area (Å²) < 4.78 is 16.8. The van der Waals surface area contributed by atoms with Crippen LogP contribution in [-0.2, 0) is 19.0 Å². The maximum Gasteiger partial charge on any atom is 0.335 e. The first-order chi connectivity index (χ1) is 11.6. The molecule has 3 rings (SSSR count). The van der Waals surface area contributed by atoms with E-state index in [9.17, 15) is 4.79 Å². The molecule has 1 aromatic rings. The van der Waals surface area contributed by atoms with E-state index in [-0.39, 0.29) is 12.0 Å². The fourth-order valence-corrected chi connectivity index (χ4v) is 3.33. The first-order valence-corrected chi connectivity index (χ1v) is 8.62. The highest BCUT2D eigenvalue weighted by Crippen LogP contribution is 2.39. The molecule has 2 aliphatic rings. The average molecular weight is 331 g/mol. The van der Waals surface area contributed by atoms with Gasteiger partial charge in [0.15, 0.2) is 5.79 Å². The van der Waals surface area contributed by atoms with Crippen molar-refractivity contribution in [2.75, 3.05) is 19.8 Å². The Morgan fingerprint density at radius 2 is 2.00 bits per heavy atom. The maximum atomic E-state index is 12.4. The van der Waals surface area contributed by atoms with Crippen LogP contribution in [0, 0.1) is 0 Å². The van der Waals surface area contributed by atoms with Gasteiger partial charge in [-0.1, -0.05) is 30.3 Å². The van der Waals surface area contributed by atoms with Crippen LogP contribution in [0.4, 0.5) is 0 Å². The topological polar surface area (TPSA) is 56.8 Å². The summed E-state index contributed by atoms with van der Waals surface area (Å²) >= 11 is 0. The van der Waals surface area contributed by atoms with E-state index in [0.717, 1.165) is 12.1 Å². The number of rotatable bonds is 5. The number of carbonyl (C=O) groups excluding carboxylic acids is 1. The van der Waals surface area contributed by atoms with Crippen molar-refractivity contribution in [1.82, 2.24) is 5.32 Å². The lowest BCUT2D eigenvalue weighted by Gasteiger charge is -2.34. The van der Waals surface area contributed by atoms with Crippen LogP contribution in [0.5, 0.6) is 0 Å². The Morgan fingerprint density at radius 1 is 1.29 bits per heavy atom. The van der Waals surface area contributed by atoms with Gasteiger partial charge in [-0.2, -0.15) is 0 Å². The Kier molecular flexibility index (Phi) is 5.21. The third-order valence-electron chi connectivity index (χ3n) is 4.59. The summed E-state index contributed by atoms with van der Waals surface area (Å²) in [5.74, 6) is -0.929. The van der Waals surface area contributed by atoms with Crippen molar-refractivity contribution in [2.45, 2.75) is 44.9 Å². The molecule has 24 heavy (non-hydrogen) atoms. The normalized spacial score (nSPS) is 20.9. The standard InChI is InChI=1S/C19H25NO4/c1-3-22-18(21)16-13-19(23-11-12-24-19)10-9-17(16)20-14(2)15-7-5-4-6-8-15/h4-8,14,20H,3,9-13H2,1-2H3. The van der Waals surface area contributed by atoms with Gasteiger partial charge in [-0.05, 0) is 25.8 Å². The predicted octanol–water partition coefficient (Wildman–Crippen LogP) is 3.08. The summed E-state index contributed by atoms with van der Waals surface area (Å²) in [6, 6.07) is 10.3. The van der Waals surface area contributed by atoms with Gasteiger partial charge in [0.05, 0.1) is 25.4 Å². The van der Waals surface area contributed by atoms with Gasteiger partial charge in [0.25, 0.3) is 0 Å². The molecule has 1 N–H and O–H groups in total. The van der Waals surface area contributed by atoms with E-state index in [1.54, 1.807) is 0 Å². The van der Waals surface area contributed by atoms with E-state index in [2.05, 4.69) is 24.4 Å². The minimum absolute atomic E-state index is 0.116. The number of nitrogens with one attached hydrogen (secondary N) is 1. The first-order valence-electron chi connectivity index (χ1n) is 8.62. The van der Waals surface area contributed by atoms with Crippen LogP contribution in [0.3, 0.4) is 0 Å². The number of hydrogen-bond acceptors (Lipinski definition) is 5. The predicted molar refractivity (Wildman–Crippen MR) is 90.1 cm³/mol. The van der Waals surface area contributed by atoms with Crippen molar-refractivity contribution in [2.24, 2.45) is 0 Å². The minimum Gasteiger partial charge on any atom is -0.463 e. The van der Waals surface area contributed by atoms with Gasteiger partial charge in [0.2, 0.25) is 0 Å². The van der Waals surface area contributed by atoms with Gasteiger partial charge in [-0.3, -0.25) is 0 Å². The fraction of sp³-hybridized carbons (Fsp3) is 0.526. The Labute approximate surface area is 143 Å². The molecule has 0 radical (unpaired) electrons. The molecule has 1 saturated heterocycles. The molecule has 1 unspecified atom stereocenters. The van der Waals surface area contributed by atoms with Crippen LogP contribution >= 0.6 is 0 Å². The van der Waals surface area contributed by atoms with Crippen molar-refractivity contribution >= 4 is 5.97 Å². The molecule has 130 valence electrons. The van der Waals surface area contributed by atoms with Crippen molar-refractivity contribution in [3.63, 3.8) is 0 Å². The zero-order valence-corrected chi connectivity index (χ0v) is 14.3. The molecule has 5 heteroatoms. The van der Waals surface area contributed by atoms with Crippen LogP contribution in [-0.4, -0.2) is 31.6 Å². The van der Waals surface area contributed by atoms with Crippen molar-refractivity contribution < 1.29 is 19.0 Å². The second-order valence-corrected chi connectivity index (χ2v) is 6.24. The van der Waals surface area contributed by atoms with Gasteiger partial charge in [0, 0.05) is 24.6 Å². The Morgan fingerprint density at radius 3 is 2.67 bits per heavy atom. The zero-order chi connectivity index (χ0) is 17.0. The molecule has 0 bridgehead atoms. The summed E-state index contributed by atoms with van der Waals surface area (Å²) in [6.07, 6.45) is 1.90. The summed E-state index contributed by atoms with van der Waals surface area (Å²) in [5.41, 5.74) is 2.77. The summed E-state index contributed by atoms with van der Waals surface area (Å²) in [4.78, 5) is 12.4. The van der Waals surface area contributed by atoms with Crippen LogP contribution in [0.2, 0.25) is 0 Å². The molecule has 0 amide bonds. The molecule has 1 heterocycles. The molecule has 1 spiro atoms. The zero-order valence-electron chi connectivity index (χ0n) is 14.3. The molecule has 1 aliphatic carbocycles. The number of allylic oxidation sites excluding steroid dienone is 1. The highest BCUT2D eigenvalue weighted by molar-refractivity contribution is 5.89. The highest BCUT2D eigenvalue weighted by atomic mass is 16.7. The van der Waals surface area contributed by atoms with Crippen LogP contribution in [0.25, 0.3) is 0 Å². The van der Waals surface area contributed by atoms with Gasteiger partial charge in [-0.15, -0.1) is 0 Å². The third-order valence-corrected chi connectivity index (χ3v) is 4.59. The number of benzene rings is 1. The van der Waals surface area contributed by atoms with Crippen LogP contribution in [0.15, 0.2) is 41.6 Å². The largest absolute Gasteiger partial charge is 0.463 e. The second-order valence-electron chi connectivity index (χ2n) is 6.24. The molecule has 0 aromatic heterocycles. The highest BCUT2D eigenvalue weighted by Gasteiger charge is 2.43. The van der Waals surface area contributed by atoms with Gasteiger partial charge >= 0.3 is 5.97 Å². The third kappa shape index (κ3) is 3.62. The number of ether oxygens (including phenoxy) is 3. The molecule has 1 aromatic carbocycles. The number of carbonyl (C=O) groups is 1. The van der Waals surface area contributed by atoms with E-state index in [0.29, 0.717) is 38.2 Å². The molecule has 1 aliphatic heterocycles. The molecular formula is C19H25NO4. The van der Waals surface area contributed by atoms with Crippen LogP contribution in [0.1, 0.15) is 44.7 Å². The Hall–Kier alpha value is -1.85. The van der Waals surface area contributed by atoms with E-state index < -0.39 is 5.79 Å². The van der Waals surface area contributed by atoms with E-state index in [1.807, 2.05) is 25.1 Å². The quantitative estimate of drug-likeness (QED) is 0.840. The Balaban J connectivity index is 1.82. The van der Waals surface area contributed by atoms with Crippen molar-refractivity contribution in [3.8, 4) is 0 Å². The smallest absolute Gasteiger partial charge is 0.335 e. The number of hydrogen-bond donors (Lipinski definition) is 1. The van der Waals surface area contributed by atoms with E-state index in [4.69, 9.17) is 14.2 Å². The van der Waals surface area contributed by atoms with Gasteiger partial charge < -0.3 is 19.5 Å². The minimum atomic E-state index is -0.650. The summed E-state index contributed by atoms with van der Waals surface area (Å²) in [6.45, 7) is 5.44. The molecular weight excluding hydrogens is 306 g/mol. The maximum absolute atomic E-state index is 12.4. The van der Waals surface area contributed by atoms with E-state index >= 15 is 0 Å². The molecule has 5 nitrogen and oxygen atoms in total. The van der Waals surface area contributed by atoms with Crippen molar-refractivity contribution in [1.29, 1.82) is 0 Å².